The van der Waals surface area contributed by atoms with Crippen LogP contribution in [0, 0.1) is 24.6 Å². The van der Waals surface area contributed by atoms with Crippen molar-refractivity contribution < 1.29 is 19.1 Å². The maximum Gasteiger partial charge on any atom is 0.326 e. The monoisotopic (exact) mass is 347 g/mol. The van der Waals surface area contributed by atoms with E-state index in [2.05, 4.69) is 0 Å². The van der Waals surface area contributed by atoms with Crippen molar-refractivity contribution in [1.29, 1.82) is 0 Å². The minimum atomic E-state index is -0.928. The fourth-order valence-corrected chi connectivity index (χ4v) is 5.60. The lowest BCUT2D eigenvalue weighted by molar-refractivity contribution is -0.142. The molecule has 0 bridgehead atoms. The summed E-state index contributed by atoms with van der Waals surface area (Å²) >= 11 is 1.25. The van der Waals surface area contributed by atoms with Crippen molar-refractivity contribution in [2.75, 3.05) is 6.54 Å². The first kappa shape index (κ1) is 15.6. The number of carbonyl (C=O) groups is 2. The molecule has 1 aromatic heterocycles. The van der Waals surface area contributed by atoms with Gasteiger partial charge in [-0.25, -0.2) is 9.18 Å². The number of carboxylic acid groups (broad SMARTS) is 1. The van der Waals surface area contributed by atoms with Crippen LogP contribution >= 0.6 is 11.3 Å². The van der Waals surface area contributed by atoms with Gasteiger partial charge in [0.2, 0.25) is 0 Å². The minimum Gasteiger partial charge on any atom is -0.480 e. The third kappa shape index (κ3) is 2.16. The quantitative estimate of drug-likeness (QED) is 0.902. The average molecular weight is 347 g/mol. The van der Waals surface area contributed by atoms with Gasteiger partial charge in [0.15, 0.2) is 0 Å². The van der Waals surface area contributed by atoms with E-state index < -0.39 is 12.0 Å². The number of hydrogen-bond donors (Lipinski definition) is 1. The zero-order chi connectivity index (χ0) is 17.0. The van der Waals surface area contributed by atoms with Crippen LogP contribution in [0.25, 0.3) is 10.1 Å². The van der Waals surface area contributed by atoms with Crippen molar-refractivity contribution in [3.05, 3.63) is 34.5 Å². The molecule has 1 amide bonds. The highest BCUT2D eigenvalue weighted by Gasteiger charge is 2.50. The van der Waals surface area contributed by atoms with Crippen LogP contribution < -0.4 is 0 Å². The summed E-state index contributed by atoms with van der Waals surface area (Å²) in [5, 5.41) is 10.1. The molecule has 2 aliphatic rings. The molecule has 2 fully saturated rings. The number of aliphatic carboxylic acids is 1. The van der Waals surface area contributed by atoms with Crippen LogP contribution in [0.1, 0.15) is 34.5 Å². The molecular formula is C18H18FNO3S. The number of thiophene rings is 1. The van der Waals surface area contributed by atoms with E-state index in [1.807, 2.05) is 0 Å². The van der Waals surface area contributed by atoms with Gasteiger partial charge in [-0.15, -0.1) is 11.3 Å². The van der Waals surface area contributed by atoms with Gasteiger partial charge in [-0.3, -0.25) is 4.79 Å². The number of halogens is 1. The van der Waals surface area contributed by atoms with Crippen molar-refractivity contribution in [3.8, 4) is 0 Å². The van der Waals surface area contributed by atoms with Crippen LogP contribution in [0.3, 0.4) is 0 Å². The molecule has 2 heterocycles. The van der Waals surface area contributed by atoms with Gasteiger partial charge < -0.3 is 10.0 Å². The van der Waals surface area contributed by atoms with Gasteiger partial charge in [-0.1, -0.05) is 12.5 Å². The van der Waals surface area contributed by atoms with Crippen molar-refractivity contribution in [3.63, 3.8) is 0 Å². The molecule has 3 unspecified atom stereocenters. The lowest BCUT2D eigenvalue weighted by Crippen LogP contribution is -2.43. The first-order valence-corrected chi connectivity index (χ1v) is 9.02. The Bertz CT molecular complexity index is 846. The largest absolute Gasteiger partial charge is 0.480 e. The molecule has 126 valence electrons. The molecule has 1 saturated heterocycles. The number of fused-ring (bicyclic) bond motifs is 2. The lowest BCUT2D eigenvalue weighted by Gasteiger charge is -2.24. The van der Waals surface area contributed by atoms with Gasteiger partial charge in [0.1, 0.15) is 11.9 Å². The first-order valence-electron chi connectivity index (χ1n) is 8.20. The van der Waals surface area contributed by atoms with Gasteiger partial charge in [0.05, 0.1) is 4.88 Å². The number of aryl methyl sites for hydroxylation is 1. The second kappa shape index (κ2) is 5.55. The Balaban J connectivity index is 1.75. The smallest absolute Gasteiger partial charge is 0.326 e. The fraction of sp³-hybridized carbons (Fsp3) is 0.444. The molecule has 1 N–H and O–H groups in total. The molecule has 0 radical (unpaired) electrons. The summed E-state index contributed by atoms with van der Waals surface area (Å²) in [5.41, 5.74) is 0.610. The Kier molecular flexibility index (Phi) is 3.60. The van der Waals surface area contributed by atoms with Crippen LogP contribution in [-0.2, 0) is 4.79 Å². The Morgan fingerprint density at radius 1 is 1.33 bits per heavy atom. The SMILES string of the molecule is Cc1c(C(=O)N2CC3CCCC3C2C(=O)O)sc2cccc(F)c12. The maximum absolute atomic E-state index is 14.1. The topological polar surface area (TPSA) is 57.6 Å². The third-order valence-electron chi connectivity index (χ3n) is 5.50. The molecule has 1 aliphatic carbocycles. The summed E-state index contributed by atoms with van der Waals surface area (Å²) in [4.78, 5) is 26.8. The summed E-state index contributed by atoms with van der Waals surface area (Å²) in [5.74, 6) is -1.20. The number of hydrogen-bond acceptors (Lipinski definition) is 3. The second-order valence-corrected chi connectivity index (χ2v) is 7.82. The van der Waals surface area contributed by atoms with Gasteiger partial charge >= 0.3 is 5.97 Å². The highest BCUT2D eigenvalue weighted by molar-refractivity contribution is 7.21. The van der Waals surface area contributed by atoms with Crippen molar-refractivity contribution in [2.24, 2.45) is 11.8 Å². The van der Waals surface area contributed by atoms with Gasteiger partial charge in [0, 0.05) is 16.6 Å². The van der Waals surface area contributed by atoms with Crippen molar-refractivity contribution >= 4 is 33.3 Å². The molecule has 0 spiro atoms. The third-order valence-corrected chi connectivity index (χ3v) is 6.75. The van der Waals surface area contributed by atoms with E-state index in [9.17, 15) is 19.1 Å². The average Bonchev–Trinajstić information content (AvgIpc) is 3.19. The number of carbonyl (C=O) groups excluding carboxylic acids is 1. The van der Waals surface area contributed by atoms with Crippen LogP contribution in [0.4, 0.5) is 4.39 Å². The lowest BCUT2D eigenvalue weighted by atomic mass is 9.94. The number of benzene rings is 1. The summed E-state index contributed by atoms with van der Waals surface area (Å²) in [6.07, 6.45) is 2.89. The summed E-state index contributed by atoms with van der Waals surface area (Å²) in [6.45, 7) is 2.23. The second-order valence-electron chi connectivity index (χ2n) is 6.76. The van der Waals surface area contributed by atoms with E-state index in [0.29, 0.717) is 22.4 Å². The summed E-state index contributed by atoms with van der Waals surface area (Å²) in [7, 11) is 0. The fourth-order valence-electron chi connectivity index (χ4n) is 4.42. The molecule has 4 nitrogen and oxygen atoms in total. The van der Waals surface area contributed by atoms with E-state index in [4.69, 9.17) is 0 Å². The minimum absolute atomic E-state index is 0.0536. The standard InChI is InChI=1S/C18H18FNO3S/c1-9-14-12(19)6-3-7-13(14)24-16(9)17(21)20-8-10-4-2-5-11(10)15(20)18(22)23/h3,6-7,10-11,15H,2,4-5,8H2,1H3,(H,22,23). The predicted molar refractivity (Wildman–Crippen MR) is 89.8 cm³/mol. The van der Waals surface area contributed by atoms with E-state index in [0.717, 1.165) is 24.0 Å². The number of nitrogens with zero attached hydrogens (tertiary/aromatic N) is 1. The molecular weight excluding hydrogens is 329 g/mol. The van der Waals surface area contributed by atoms with E-state index in [-0.39, 0.29) is 23.6 Å². The Morgan fingerprint density at radius 2 is 2.12 bits per heavy atom. The van der Waals surface area contributed by atoms with Crippen molar-refractivity contribution in [2.45, 2.75) is 32.2 Å². The molecule has 1 aliphatic heterocycles. The first-order chi connectivity index (χ1) is 11.5. The summed E-state index contributed by atoms with van der Waals surface area (Å²) < 4.78 is 14.8. The zero-order valence-electron chi connectivity index (χ0n) is 13.3. The number of amides is 1. The Labute approximate surface area is 142 Å². The molecule has 1 aromatic carbocycles. The number of likely N-dealkylation sites (tertiary alicyclic amines) is 1. The van der Waals surface area contributed by atoms with Crippen molar-refractivity contribution in [1.82, 2.24) is 4.90 Å². The van der Waals surface area contributed by atoms with E-state index >= 15 is 0 Å². The van der Waals surface area contributed by atoms with Crippen LogP contribution in [0.15, 0.2) is 18.2 Å². The zero-order valence-corrected chi connectivity index (χ0v) is 14.1. The maximum atomic E-state index is 14.1. The molecule has 3 atom stereocenters. The van der Waals surface area contributed by atoms with Crippen LogP contribution in [0.5, 0.6) is 0 Å². The number of carboxylic acids is 1. The van der Waals surface area contributed by atoms with Crippen LogP contribution in [0.2, 0.25) is 0 Å². The highest BCUT2D eigenvalue weighted by Crippen LogP contribution is 2.44. The van der Waals surface area contributed by atoms with Crippen LogP contribution in [-0.4, -0.2) is 34.5 Å². The normalized spacial score (nSPS) is 26.1. The van der Waals surface area contributed by atoms with Gasteiger partial charge in [-0.05, 0) is 49.3 Å². The molecule has 2 aromatic rings. The van der Waals surface area contributed by atoms with E-state index in [1.165, 1.54) is 22.3 Å². The van der Waals surface area contributed by atoms with Gasteiger partial charge in [0.25, 0.3) is 5.91 Å². The molecule has 6 heteroatoms. The van der Waals surface area contributed by atoms with Gasteiger partial charge in [-0.2, -0.15) is 0 Å². The molecule has 4 rings (SSSR count). The van der Waals surface area contributed by atoms with E-state index in [1.54, 1.807) is 19.1 Å². The summed E-state index contributed by atoms with van der Waals surface area (Å²) in [6, 6.07) is 4.05. The molecule has 24 heavy (non-hydrogen) atoms. The number of rotatable bonds is 2. The Morgan fingerprint density at radius 3 is 2.83 bits per heavy atom. The highest BCUT2D eigenvalue weighted by atomic mass is 32.1. The molecule has 1 saturated carbocycles. The predicted octanol–water partition coefficient (Wildman–Crippen LogP) is 3.67. The Hall–Kier alpha value is -1.95.